The Morgan fingerprint density at radius 2 is 2.35 bits per heavy atom. The third-order valence-electron chi connectivity index (χ3n) is 2.54. The number of nitrogens with two attached hydrogens (primary N) is 1. The van der Waals surface area contributed by atoms with E-state index in [2.05, 4.69) is 31.6 Å². The van der Waals surface area contributed by atoms with E-state index in [-0.39, 0.29) is 11.6 Å². The zero-order valence-electron chi connectivity index (χ0n) is 10.8. The lowest BCUT2D eigenvalue weighted by molar-refractivity contribution is 0.102. The van der Waals surface area contributed by atoms with Crippen molar-refractivity contribution >= 4 is 27.5 Å². The fourth-order valence-electron chi connectivity index (χ4n) is 1.61. The second-order valence-corrected chi connectivity index (χ2v) is 4.87. The van der Waals surface area contributed by atoms with Crippen LogP contribution >= 0.6 is 15.9 Å². The molecule has 1 amide bonds. The van der Waals surface area contributed by atoms with Gasteiger partial charge in [0.05, 0.1) is 25.5 Å². The molecule has 0 spiro atoms. The highest BCUT2D eigenvalue weighted by atomic mass is 79.9. The lowest BCUT2D eigenvalue weighted by Crippen LogP contribution is -2.13. The number of rotatable bonds is 5. The van der Waals surface area contributed by atoms with Crippen LogP contribution in [-0.4, -0.2) is 34.6 Å². The Morgan fingerprint density at radius 1 is 1.55 bits per heavy atom. The zero-order valence-corrected chi connectivity index (χ0v) is 12.4. The summed E-state index contributed by atoms with van der Waals surface area (Å²) in [4.78, 5) is 12.1. The third-order valence-corrected chi connectivity index (χ3v) is 3.03. The Balaban J connectivity index is 2.16. The van der Waals surface area contributed by atoms with Crippen LogP contribution in [0.25, 0.3) is 0 Å². The number of halogens is 1. The molecule has 0 aliphatic carbocycles. The van der Waals surface area contributed by atoms with Crippen molar-refractivity contribution < 1.29 is 9.53 Å². The van der Waals surface area contributed by atoms with Gasteiger partial charge < -0.3 is 15.8 Å². The Hall–Kier alpha value is -1.93. The molecule has 0 unspecified atom stereocenters. The predicted octanol–water partition coefficient (Wildman–Crippen LogP) is 1.26. The van der Waals surface area contributed by atoms with Crippen LogP contribution < -0.4 is 15.8 Å². The normalized spacial score (nSPS) is 10.3. The van der Waals surface area contributed by atoms with Gasteiger partial charge in [-0.3, -0.25) is 9.48 Å². The van der Waals surface area contributed by atoms with Gasteiger partial charge in [0.2, 0.25) is 0 Å². The maximum atomic E-state index is 12.1. The van der Waals surface area contributed by atoms with E-state index in [0.29, 0.717) is 24.5 Å². The van der Waals surface area contributed by atoms with Gasteiger partial charge in [0.15, 0.2) is 5.69 Å². The Morgan fingerprint density at radius 3 is 3.05 bits per heavy atom. The number of ether oxygens (including phenoxy) is 1. The predicted molar refractivity (Wildman–Crippen MR) is 77.7 cm³/mol. The number of carbonyl (C=O) groups is 1. The molecule has 106 valence electrons. The summed E-state index contributed by atoms with van der Waals surface area (Å²) in [7, 11) is 1.54. The topological polar surface area (TPSA) is 95.1 Å². The molecule has 0 aliphatic heterocycles. The Labute approximate surface area is 124 Å². The summed E-state index contributed by atoms with van der Waals surface area (Å²) < 4.78 is 7.54. The molecule has 0 saturated carbocycles. The van der Waals surface area contributed by atoms with Crippen LogP contribution in [0.15, 0.2) is 28.9 Å². The van der Waals surface area contributed by atoms with E-state index >= 15 is 0 Å². The van der Waals surface area contributed by atoms with Crippen molar-refractivity contribution in [2.24, 2.45) is 5.73 Å². The van der Waals surface area contributed by atoms with Crippen molar-refractivity contribution in [3.63, 3.8) is 0 Å². The van der Waals surface area contributed by atoms with E-state index in [4.69, 9.17) is 10.5 Å². The van der Waals surface area contributed by atoms with Crippen molar-refractivity contribution in [3.05, 3.63) is 34.6 Å². The average molecular weight is 340 g/mol. The van der Waals surface area contributed by atoms with Crippen molar-refractivity contribution in [2.75, 3.05) is 19.0 Å². The van der Waals surface area contributed by atoms with E-state index in [1.165, 1.54) is 11.8 Å². The van der Waals surface area contributed by atoms with Crippen LogP contribution in [-0.2, 0) is 6.54 Å². The van der Waals surface area contributed by atoms with Crippen molar-refractivity contribution in [2.45, 2.75) is 6.54 Å². The molecule has 2 rings (SSSR count). The van der Waals surface area contributed by atoms with E-state index in [9.17, 15) is 4.79 Å². The molecule has 1 aromatic heterocycles. The zero-order chi connectivity index (χ0) is 14.5. The molecule has 1 aromatic carbocycles. The molecule has 3 N–H and O–H groups in total. The molecule has 0 aliphatic rings. The first-order chi connectivity index (χ1) is 9.63. The summed E-state index contributed by atoms with van der Waals surface area (Å²) in [6.07, 6.45) is 1.55. The Kier molecular flexibility index (Phi) is 4.70. The van der Waals surface area contributed by atoms with Gasteiger partial charge in [0.25, 0.3) is 5.91 Å². The summed E-state index contributed by atoms with van der Waals surface area (Å²) in [5, 5.41) is 10.3. The quantitative estimate of drug-likeness (QED) is 0.854. The highest BCUT2D eigenvalue weighted by Gasteiger charge is 2.13. The summed E-state index contributed by atoms with van der Waals surface area (Å²) in [6, 6.07) is 5.33. The molecule has 20 heavy (non-hydrogen) atoms. The molecule has 0 atom stereocenters. The SMILES string of the molecule is COc1ccc(Br)cc1NC(=O)c1cn(CCN)nn1. The second kappa shape index (κ2) is 6.49. The highest BCUT2D eigenvalue weighted by molar-refractivity contribution is 9.10. The average Bonchev–Trinajstić information content (AvgIpc) is 2.88. The first-order valence-electron chi connectivity index (χ1n) is 5.89. The maximum absolute atomic E-state index is 12.1. The number of nitrogens with zero attached hydrogens (tertiary/aromatic N) is 3. The number of carbonyl (C=O) groups excluding carboxylic acids is 1. The van der Waals surface area contributed by atoms with E-state index in [1.807, 2.05) is 6.07 Å². The van der Waals surface area contributed by atoms with Crippen LogP contribution in [0.3, 0.4) is 0 Å². The monoisotopic (exact) mass is 339 g/mol. The summed E-state index contributed by atoms with van der Waals surface area (Å²) in [5.41, 5.74) is 6.19. The number of amides is 1. The van der Waals surface area contributed by atoms with Gasteiger partial charge in [0.1, 0.15) is 5.75 Å². The Bertz CT molecular complexity index is 614. The molecular formula is C12H14BrN5O2. The molecule has 1 heterocycles. The fraction of sp³-hybridized carbons (Fsp3) is 0.250. The number of anilines is 1. The van der Waals surface area contributed by atoms with E-state index in [0.717, 1.165) is 4.47 Å². The van der Waals surface area contributed by atoms with Gasteiger partial charge in [-0.15, -0.1) is 5.10 Å². The number of benzene rings is 1. The molecular weight excluding hydrogens is 326 g/mol. The summed E-state index contributed by atoms with van der Waals surface area (Å²) in [6.45, 7) is 0.949. The largest absolute Gasteiger partial charge is 0.495 e. The van der Waals surface area contributed by atoms with E-state index < -0.39 is 0 Å². The van der Waals surface area contributed by atoms with Crippen LogP contribution in [0.2, 0.25) is 0 Å². The van der Waals surface area contributed by atoms with Gasteiger partial charge in [-0.25, -0.2) is 0 Å². The molecule has 0 saturated heterocycles. The minimum Gasteiger partial charge on any atom is -0.495 e. The lowest BCUT2D eigenvalue weighted by atomic mass is 10.3. The van der Waals surface area contributed by atoms with Gasteiger partial charge in [-0.2, -0.15) is 0 Å². The lowest BCUT2D eigenvalue weighted by Gasteiger charge is -2.09. The summed E-state index contributed by atoms with van der Waals surface area (Å²) >= 11 is 3.34. The molecule has 7 nitrogen and oxygen atoms in total. The fourth-order valence-corrected chi connectivity index (χ4v) is 1.97. The number of nitrogens with one attached hydrogen (secondary N) is 1. The number of aromatic nitrogens is 3. The minimum absolute atomic E-state index is 0.223. The number of hydrogen-bond donors (Lipinski definition) is 2. The van der Waals surface area contributed by atoms with Crippen molar-refractivity contribution in [1.29, 1.82) is 0 Å². The first-order valence-corrected chi connectivity index (χ1v) is 6.68. The highest BCUT2D eigenvalue weighted by Crippen LogP contribution is 2.28. The van der Waals surface area contributed by atoms with Crippen LogP contribution in [0.4, 0.5) is 5.69 Å². The second-order valence-electron chi connectivity index (χ2n) is 3.95. The number of hydrogen-bond acceptors (Lipinski definition) is 5. The standard InChI is InChI=1S/C12H14BrN5O2/c1-20-11-3-2-8(13)6-9(11)15-12(19)10-7-18(5-4-14)17-16-10/h2-3,6-7H,4-5,14H2,1H3,(H,15,19). The van der Waals surface area contributed by atoms with Gasteiger partial charge in [-0.1, -0.05) is 21.1 Å². The van der Waals surface area contributed by atoms with Gasteiger partial charge in [-0.05, 0) is 18.2 Å². The minimum atomic E-state index is -0.357. The molecule has 0 fully saturated rings. The van der Waals surface area contributed by atoms with Gasteiger partial charge in [0, 0.05) is 11.0 Å². The summed E-state index contributed by atoms with van der Waals surface area (Å²) in [5.74, 6) is 0.209. The molecule has 0 bridgehead atoms. The van der Waals surface area contributed by atoms with Crippen LogP contribution in [0, 0.1) is 0 Å². The van der Waals surface area contributed by atoms with Crippen LogP contribution in [0.1, 0.15) is 10.5 Å². The van der Waals surface area contributed by atoms with Crippen molar-refractivity contribution in [1.82, 2.24) is 15.0 Å². The van der Waals surface area contributed by atoms with Gasteiger partial charge >= 0.3 is 0 Å². The maximum Gasteiger partial charge on any atom is 0.277 e. The molecule has 8 heteroatoms. The van der Waals surface area contributed by atoms with Crippen molar-refractivity contribution in [3.8, 4) is 5.75 Å². The smallest absolute Gasteiger partial charge is 0.277 e. The van der Waals surface area contributed by atoms with Crippen LogP contribution in [0.5, 0.6) is 5.75 Å². The van der Waals surface area contributed by atoms with E-state index in [1.54, 1.807) is 18.3 Å². The molecule has 0 radical (unpaired) electrons. The number of methoxy groups -OCH3 is 1. The first kappa shape index (κ1) is 14.5. The molecule has 2 aromatic rings. The third kappa shape index (κ3) is 3.34.